The Morgan fingerprint density at radius 3 is 2.55 bits per heavy atom. The molecule has 6 nitrogen and oxygen atoms in total. The van der Waals surface area contributed by atoms with Crippen molar-refractivity contribution in [2.45, 2.75) is 0 Å². The molecule has 7 heteroatoms. The maximum atomic E-state index is 13.0. The number of hydrazone groups is 1. The smallest absolute Gasteiger partial charge is 0.278 e. The van der Waals surface area contributed by atoms with E-state index in [9.17, 15) is 9.18 Å². The molecule has 3 rings (SSSR count). The molecular formula is C15H11FN4O2. The van der Waals surface area contributed by atoms with Crippen LogP contribution < -0.4 is 5.43 Å². The van der Waals surface area contributed by atoms with Gasteiger partial charge in [-0.3, -0.25) is 4.79 Å². The number of halogens is 1. The van der Waals surface area contributed by atoms with Crippen molar-refractivity contribution in [3.8, 4) is 0 Å². The summed E-state index contributed by atoms with van der Waals surface area (Å²) in [6.07, 6.45) is 0. The zero-order valence-electron chi connectivity index (χ0n) is 11.4. The van der Waals surface area contributed by atoms with Gasteiger partial charge in [0.2, 0.25) is 5.90 Å². The van der Waals surface area contributed by atoms with Crippen LogP contribution in [0.2, 0.25) is 0 Å². The average molecular weight is 298 g/mol. The van der Waals surface area contributed by atoms with Gasteiger partial charge >= 0.3 is 0 Å². The number of hydrogen-bond donors (Lipinski definition) is 1. The van der Waals surface area contributed by atoms with Gasteiger partial charge in [-0.05, 0) is 36.4 Å². The number of amides is 1. The monoisotopic (exact) mass is 298 g/mol. The number of carbonyl (C=O) groups is 1. The Morgan fingerprint density at radius 1 is 1.09 bits per heavy atom. The molecule has 0 bridgehead atoms. The fourth-order valence-electron chi connectivity index (χ4n) is 1.78. The second-order valence-corrected chi connectivity index (χ2v) is 4.47. The van der Waals surface area contributed by atoms with Crippen LogP contribution in [-0.4, -0.2) is 18.4 Å². The molecule has 0 aromatic heterocycles. The van der Waals surface area contributed by atoms with Gasteiger partial charge in [0.25, 0.3) is 5.91 Å². The lowest BCUT2D eigenvalue weighted by atomic mass is 10.2. The molecule has 0 fully saturated rings. The van der Waals surface area contributed by atoms with E-state index in [4.69, 9.17) is 4.74 Å². The fourth-order valence-corrected chi connectivity index (χ4v) is 1.78. The maximum Gasteiger partial charge on any atom is 0.278 e. The SMILES string of the molecule is O=C1COC(c2ccc(N=Nc3cccc(F)c3)cc2)=NN1. The number of carbonyl (C=O) groups excluding carboxylic acids is 1. The molecule has 0 saturated carbocycles. The minimum atomic E-state index is -0.360. The predicted octanol–water partition coefficient (Wildman–Crippen LogP) is 3.05. The second kappa shape index (κ2) is 6.13. The lowest BCUT2D eigenvalue weighted by Crippen LogP contribution is -2.32. The van der Waals surface area contributed by atoms with E-state index >= 15 is 0 Å². The lowest BCUT2D eigenvalue weighted by molar-refractivity contribution is -0.124. The summed E-state index contributed by atoms with van der Waals surface area (Å²) >= 11 is 0. The zero-order valence-corrected chi connectivity index (χ0v) is 11.4. The van der Waals surface area contributed by atoms with Crippen molar-refractivity contribution in [2.24, 2.45) is 15.3 Å². The van der Waals surface area contributed by atoms with Crippen molar-refractivity contribution in [2.75, 3.05) is 6.61 Å². The molecule has 2 aromatic rings. The fraction of sp³-hybridized carbons (Fsp3) is 0.0667. The quantitative estimate of drug-likeness (QED) is 0.884. The maximum absolute atomic E-state index is 13.0. The zero-order chi connectivity index (χ0) is 15.4. The second-order valence-electron chi connectivity index (χ2n) is 4.47. The molecule has 22 heavy (non-hydrogen) atoms. The number of benzene rings is 2. The summed E-state index contributed by atoms with van der Waals surface area (Å²) in [4.78, 5) is 10.9. The van der Waals surface area contributed by atoms with Crippen LogP contribution in [0.4, 0.5) is 15.8 Å². The highest BCUT2D eigenvalue weighted by Crippen LogP contribution is 2.19. The lowest BCUT2D eigenvalue weighted by Gasteiger charge is -2.13. The molecule has 0 radical (unpaired) electrons. The first-order chi connectivity index (χ1) is 10.7. The van der Waals surface area contributed by atoms with Crippen LogP contribution in [0.15, 0.2) is 63.9 Å². The van der Waals surface area contributed by atoms with Crippen LogP contribution in [-0.2, 0) is 9.53 Å². The Hall–Kier alpha value is -3.09. The van der Waals surface area contributed by atoms with Crippen LogP contribution in [0, 0.1) is 5.82 Å². The summed E-state index contributed by atoms with van der Waals surface area (Å²) in [5.74, 6) is -0.307. The van der Waals surface area contributed by atoms with Crippen molar-refractivity contribution in [3.05, 3.63) is 59.9 Å². The molecule has 1 heterocycles. The Labute approximate surface area is 125 Å². The number of nitrogens with one attached hydrogen (secondary N) is 1. The van der Waals surface area contributed by atoms with Crippen LogP contribution in [0.1, 0.15) is 5.56 Å². The molecule has 0 atom stereocenters. The van der Waals surface area contributed by atoms with E-state index in [1.54, 1.807) is 36.4 Å². The standard InChI is InChI=1S/C15H11FN4O2/c16-11-2-1-3-13(8-11)18-17-12-6-4-10(5-7-12)15-20-19-14(21)9-22-15/h1-8H,9H2,(H,19,21). The van der Waals surface area contributed by atoms with E-state index in [2.05, 4.69) is 20.8 Å². The Morgan fingerprint density at radius 2 is 1.86 bits per heavy atom. The molecule has 0 aliphatic carbocycles. The van der Waals surface area contributed by atoms with Crippen molar-refractivity contribution in [1.29, 1.82) is 0 Å². The Kier molecular flexibility index (Phi) is 3.86. The first-order valence-corrected chi connectivity index (χ1v) is 6.48. The van der Waals surface area contributed by atoms with Crippen molar-refractivity contribution in [3.63, 3.8) is 0 Å². The van der Waals surface area contributed by atoms with Gasteiger partial charge in [-0.2, -0.15) is 10.2 Å². The van der Waals surface area contributed by atoms with Gasteiger partial charge in [0.05, 0.1) is 11.4 Å². The largest absolute Gasteiger partial charge is 0.466 e. The molecule has 0 saturated heterocycles. The van der Waals surface area contributed by atoms with Crippen molar-refractivity contribution >= 4 is 23.2 Å². The summed E-state index contributed by atoms with van der Waals surface area (Å²) in [6, 6.07) is 12.8. The average Bonchev–Trinajstić information content (AvgIpc) is 2.54. The van der Waals surface area contributed by atoms with Gasteiger partial charge < -0.3 is 4.74 Å². The summed E-state index contributed by atoms with van der Waals surface area (Å²) in [6.45, 7) is -0.0557. The van der Waals surface area contributed by atoms with E-state index < -0.39 is 0 Å². The van der Waals surface area contributed by atoms with Gasteiger partial charge in [0.1, 0.15) is 5.82 Å². The van der Waals surface area contributed by atoms with Gasteiger partial charge in [0.15, 0.2) is 6.61 Å². The van der Waals surface area contributed by atoms with E-state index in [-0.39, 0.29) is 18.3 Å². The third kappa shape index (κ3) is 3.32. The van der Waals surface area contributed by atoms with Crippen LogP contribution in [0.25, 0.3) is 0 Å². The van der Waals surface area contributed by atoms with Gasteiger partial charge in [-0.1, -0.05) is 6.07 Å². The molecule has 1 amide bonds. The Balaban J connectivity index is 1.73. The molecule has 1 N–H and O–H groups in total. The van der Waals surface area contributed by atoms with Crippen LogP contribution in [0.3, 0.4) is 0 Å². The number of azo groups is 1. The molecular weight excluding hydrogens is 287 g/mol. The highest BCUT2D eigenvalue weighted by atomic mass is 19.1. The third-order valence-electron chi connectivity index (χ3n) is 2.83. The number of ether oxygens (including phenoxy) is 1. The predicted molar refractivity (Wildman–Crippen MR) is 77.6 cm³/mol. The van der Waals surface area contributed by atoms with Gasteiger partial charge in [-0.15, -0.1) is 5.10 Å². The van der Waals surface area contributed by atoms with Gasteiger partial charge in [-0.25, -0.2) is 9.82 Å². The summed E-state index contributed by atoms with van der Waals surface area (Å²) < 4.78 is 18.2. The van der Waals surface area contributed by atoms with E-state index in [1.165, 1.54) is 12.1 Å². The third-order valence-corrected chi connectivity index (χ3v) is 2.83. The summed E-state index contributed by atoms with van der Waals surface area (Å²) in [7, 11) is 0. The van der Waals surface area contributed by atoms with Gasteiger partial charge in [0, 0.05) is 11.6 Å². The number of hydrogen-bond acceptors (Lipinski definition) is 5. The van der Waals surface area contributed by atoms with E-state index in [0.717, 1.165) is 0 Å². The normalized spacial score (nSPS) is 14.4. The highest BCUT2D eigenvalue weighted by molar-refractivity contribution is 5.98. The van der Waals surface area contributed by atoms with E-state index in [1.807, 2.05) is 0 Å². The first kappa shape index (κ1) is 13.9. The molecule has 0 unspecified atom stereocenters. The minimum Gasteiger partial charge on any atom is -0.466 e. The molecule has 1 aliphatic rings. The summed E-state index contributed by atoms with van der Waals surface area (Å²) in [5, 5.41) is 11.8. The van der Waals surface area contributed by atoms with Crippen molar-refractivity contribution in [1.82, 2.24) is 5.43 Å². The number of nitrogens with zero attached hydrogens (tertiary/aromatic N) is 3. The molecule has 2 aromatic carbocycles. The minimum absolute atomic E-state index is 0.0557. The van der Waals surface area contributed by atoms with Crippen LogP contribution in [0.5, 0.6) is 0 Å². The topological polar surface area (TPSA) is 75.4 Å². The molecule has 0 spiro atoms. The van der Waals surface area contributed by atoms with Crippen molar-refractivity contribution < 1.29 is 13.9 Å². The Bertz CT molecular complexity index is 756. The molecule has 1 aliphatic heterocycles. The number of rotatable bonds is 3. The first-order valence-electron chi connectivity index (χ1n) is 6.48. The van der Waals surface area contributed by atoms with E-state index in [0.29, 0.717) is 22.8 Å². The van der Waals surface area contributed by atoms with Crippen LogP contribution >= 0.6 is 0 Å². The summed E-state index contributed by atoms with van der Waals surface area (Å²) in [5.41, 5.74) is 4.10. The highest BCUT2D eigenvalue weighted by Gasteiger charge is 2.13. The molecule has 110 valence electrons.